The van der Waals surface area contributed by atoms with Gasteiger partial charge in [-0.1, -0.05) is 30.7 Å². The highest BCUT2D eigenvalue weighted by Crippen LogP contribution is 2.38. The summed E-state index contributed by atoms with van der Waals surface area (Å²) in [4.78, 5) is 0. The molecule has 1 nitrogen and oxygen atoms in total. The molecule has 0 spiro atoms. The Morgan fingerprint density at radius 2 is 1.90 bits per heavy atom. The Kier molecular flexibility index (Phi) is 5.84. The van der Waals surface area contributed by atoms with Gasteiger partial charge >= 0.3 is 0 Å². The van der Waals surface area contributed by atoms with Crippen LogP contribution in [0.15, 0.2) is 31.8 Å². The molecule has 0 radical (unpaired) electrons. The smallest absolute Gasteiger partial charge is 0.0761 e. The number of rotatable bonds is 5. The van der Waals surface area contributed by atoms with Crippen LogP contribution in [0.2, 0.25) is 0 Å². The first-order chi connectivity index (χ1) is 9.52. The second-order valence-electron chi connectivity index (χ2n) is 5.03. The standard InChI is InChI=1S/C16H19Br2NS/c1-4-7-19-15(13-9-14(17)20-16(13)18)12-8-10(2)5-6-11(12)3/h5-6,8-9,15,19H,4,7H2,1-3H3. The van der Waals surface area contributed by atoms with Crippen molar-refractivity contribution in [3.63, 3.8) is 0 Å². The SMILES string of the molecule is CCCNC(c1cc(C)ccc1C)c1cc(Br)sc1Br. The number of halogens is 2. The summed E-state index contributed by atoms with van der Waals surface area (Å²) in [5.41, 5.74) is 5.31. The molecule has 1 aromatic heterocycles. The van der Waals surface area contributed by atoms with Crippen LogP contribution in [0.1, 0.15) is 41.6 Å². The number of benzene rings is 1. The average Bonchev–Trinajstić information content (AvgIpc) is 2.73. The third kappa shape index (κ3) is 3.73. The Morgan fingerprint density at radius 3 is 2.50 bits per heavy atom. The Balaban J connectivity index is 2.46. The van der Waals surface area contributed by atoms with Gasteiger partial charge in [-0.3, -0.25) is 0 Å². The third-order valence-electron chi connectivity index (χ3n) is 3.34. The number of hydrogen-bond acceptors (Lipinski definition) is 2. The van der Waals surface area contributed by atoms with Crippen molar-refractivity contribution >= 4 is 43.2 Å². The lowest BCUT2D eigenvalue weighted by molar-refractivity contribution is 0.596. The van der Waals surface area contributed by atoms with Crippen LogP contribution in [0, 0.1) is 13.8 Å². The summed E-state index contributed by atoms with van der Waals surface area (Å²) in [7, 11) is 0. The summed E-state index contributed by atoms with van der Waals surface area (Å²) in [6, 6.07) is 9.13. The van der Waals surface area contributed by atoms with Crippen LogP contribution in [0.3, 0.4) is 0 Å². The molecule has 20 heavy (non-hydrogen) atoms. The number of aryl methyl sites for hydroxylation is 2. The largest absolute Gasteiger partial charge is 0.306 e. The van der Waals surface area contributed by atoms with Crippen molar-refractivity contribution in [2.75, 3.05) is 6.54 Å². The monoisotopic (exact) mass is 415 g/mol. The maximum Gasteiger partial charge on any atom is 0.0761 e. The Labute approximate surface area is 142 Å². The Bertz CT molecular complexity index is 592. The first kappa shape index (κ1) is 16.2. The summed E-state index contributed by atoms with van der Waals surface area (Å²) in [5.74, 6) is 0. The van der Waals surface area contributed by atoms with Gasteiger partial charge in [0.1, 0.15) is 0 Å². The lowest BCUT2D eigenvalue weighted by atomic mass is 9.95. The maximum atomic E-state index is 3.70. The van der Waals surface area contributed by atoms with E-state index in [-0.39, 0.29) is 6.04 Å². The van der Waals surface area contributed by atoms with Gasteiger partial charge in [0, 0.05) is 0 Å². The molecule has 0 fully saturated rings. The van der Waals surface area contributed by atoms with Crippen LogP contribution >= 0.6 is 43.2 Å². The van der Waals surface area contributed by atoms with E-state index in [0.29, 0.717) is 0 Å². The molecule has 0 bridgehead atoms. The number of nitrogens with one attached hydrogen (secondary N) is 1. The lowest BCUT2D eigenvalue weighted by Crippen LogP contribution is -2.24. The van der Waals surface area contributed by atoms with Crippen LogP contribution in [-0.4, -0.2) is 6.54 Å². The summed E-state index contributed by atoms with van der Waals surface area (Å²) >= 11 is 9.01. The van der Waals surface area contributed by atoms with E-state index in [1.54, 1.807) is 11.3 Å². The number of thiophene rings is 1. The topological polar surface area (TPSA) is 12.0 Å². The van der Waals surface area contributed by atoms with Gasteiger partial charge in [0.25, 0.3) is 0 Å². The van der Waals surface area contributed by atoms with E-state index >= 15 is 0 Å². The van der Waals surface area contributed by atoms with Gasteiger partial charge < -0.3 is 5.32 Å². The molecule has 1 unspecified atom stereocenters. The van der Waals surface area contributed by atoms with Gasteiger partial charge in [-0.25, -0.2) is 0 Å². The highest BCUT2D eigenvalue weighted by molar-refractivity contribution is 9.12. The second kappa shape index (κ2) is 7.21. The maximum absolute atomic E-state index is 3.70. The van der Waals surface area contributed by atoms with E-state index in [0.717, 1.165) is 16.8 Å². The minimum absolute atomic E-state index is 0.242. The highest BCUT2D eigenvalue weighted by atomic mass is 79.9. The van der Waals surface area contributed by atoms with Crippen LogP contribution in [-0.2, 0) is 0 Å². The molecule has 0 saturated heterocycles. The molecule has 1 atom stereocenters. The highest BCUT2D eigenvalue weighted by Gasteiger charge is 2.20. The van der Waals surface area contributed by atoms with Gasteiger partial charge in [0.15, 0.2) is 0 Å². The molecular formula is C16H19Br2NS. The van der Waals surface area contributed by atoms with Gasteiger partial charge in [0.2, 0.25) is 0 Å². The quantitative estimate of drug-likeness (QED) is 0.632. The molecule has 4 heteroatoms. The zero-order valence-electron chi connectivity index (χ0n) is 12.0. The molecule has 2 aromatic rings. The van der Waals surface area contributed by atoms with Gasteiger partial charge in [-0.05, 0) is 81.4 Å². The van der Waals surface area contributed by atoms with E-state index in [2.05, 4.69) is 82.2 Å². The van der Waals surface area contributed by atoms with Crippen molar-refractivity contribution < 1.29 is 0 Å². The van der Waals surface area contributed by atoms with Crippen LogP contribution in [0.5, 0.6) is 0 Å². The van der Waals surface area contributed by atoms with E-state index in [9.17, 15) is 0 Å². The Morgan fingerprint density at radius 1 is 1.15 bits per heavy atom. The number of hydrogen-bond donors (Lipinski definition) is 1. The molecule has 1 N–H and O–H groups in total. The van der Waals surface area contributed by atoms with E-state index in [1.807, 2.05) is 0 Å². The molecule has 1 heterocycles. The zero-order chi connectivity index (χ0) is 14.7. The second-order valence-corrected chi connectivity index (χ2v) is 8.78. The van der Waals surface area contributed by atoms with Crippen LogP contribution in [0.4, 0.5) is 0 Å². The van der Waals surface area contributed by atoms with Crippen molar-refractivity contribution in [1.82, 2.24) is 5.32 Å². The van der Waals surface area contributed by atoms with Crippen molar-refractivity contribution in [2.24, 2.45) is 0 Å². The normalized spacial score (nSPS) is 12.7. The fourth-order valence-electron chi connectivity index (χ4n) is 2.30. The first-order valence-electron chi connectivity index (χ1n) is 6.78. The minimum atomic E-state index is 0.242. The molecule has 0 aliphatic carbocycles. The van der Waals surface area contributed by atoms with Crippen LogP contribution < -0.4 is 5.32 Å². The summed E-state index contributed by atoms with van der Waals surface area (Å²) < 4.78 is 2.35. The first-order valence-corrected chi connectivity index (χ1v) is 9.18. The molecule has 0 saturated carbocycles. The lowest BCUT2D eigenvalue weighted by Gasteiger charge is -2.21. The third-order valence-corrected chi connectivity index (χ3v) is 5.72. The Hall–Kier alpha value is -0.160. The van der Waals surface area contributed by atoms with Gasteiger partial charge in [-0.15, -0.1) is 11.3 Å². The van der Waals surface area contributed by atoms with Gasteiger partial charge in [0.05, 0.1) is 13.6 Å². The van der Waals surface area contributed by atoms with E-state index in [4.69, 9.17) is 0 Å². The molecule has 0 aliphatic rings. The fraction of sp³-hybridized carbons (Fsp3) is 0.375. The predicted molar refractivity (Wildman–Crippen MR) is 95.8 cm³/mol. The molecule has 108 valence electrons. The molecular weight excluding hydrogens is 398 g/mol. The van der Waals surface area contributed by atoms with Crippen molar-refractivity contribution in [1.29, 1.82) is 0 Å². The molecule has 1 aromatic carbocycles. The van der Waals surface area contributed by atoms with E-state index < -0.39 is 0 Å². The van der Waals surface area contributed by atoms with E-state index in [1.165, 1.54) is 26.0 Å². The van der Waals surface area contributed by atoms with Gasteiger partial charge in [-0.2, -0.15) is 0 Å². The van der Waals surface area contributed by atoms with Crippen LogP contribution in [0.25, 0.3) is 0 Å². The molecule has 0 aliphatic heterocycles. The summed E-state index contributed by atoms with van der Waals surface area (Å²) in [6.07, 6.45) is 1.13. The van der Waals surface area contributed by atoms with Crippen molar-refractivity contribution in [3.05, 3.63) is 54.1 Å². The predicted octanol–water partition coefficient (Wildman–Crippen LogP) is 5.98. The van der Waals surface area contributed by atoms with Crippen molar-refractivity contribution in [2.45, 2.75) is 33.2 Å². The zero-order valence-corrected chi connectivity index (χ0v) is 16.0. The molecule has 2 rings (SSSR count). The molecule has 0 amide bonds. The summed E-state index contributed by atoms with van der Waals surface area (Å²) in [6.45, 7) is 7.55. The fourth-order valence-corrected chi connectivity index (χ4v) is 5.20. The summed E-state index contributed by atoms with van der Waals surface area (Å²) in [5, 5.41) is 3.68. The minimum Gasteiger partial charge on any atom is -0.306 e. The average molecular weight is 417 g/mol. The van der Waals surface area contributed by atoms with Crippen molar-refractivity contribution in [3.8, 4) is 0 Å².